The highest BCUT2D eigenvalue weighted by molar-refractivity contribution is 5.45. The summed E-state index contributed by atoms with van der Waals surface area (Å²) in [5.74, 6) is 0.284. The van der Waals surface area contributed by atoms with Crippen molar-refractivity contribution in [2.75, 3.05) is 0 Å². The topological polar surface area (TPSA) is 38.0 Å². The van der Waals surface area contributed by atoms with E-state index in [1.807, 2.05) is 12.3 Å². The van der Waals surface area contributed by atoms with Gasteiger partial charge in [-0.25, -0.2) is 9.07 Å². The van der Waals surface area contributed by atoms with Crippen LogP contribution in [0.5, 0.6) is 0 Å². The molecule has 1 aliphatic carbocycles. The van der Waals surface area contributed by atoms with Crippen LogP contribution in [0.1, 0.15) is 48.6 Å². The number of hydrogen-bond donors (Lipinski definition) is 1. The Morgan fingerprint density at radius 1 is 1.42 bits per heavy atom. The fourth-order valence-corrected chi connectivity index (χ4v) is 2.28. The molecule has 1 atom stereocenters. The van der Waals surface area contributed by atoms with Crippen molar-refractivity contribution in [3.8, 4) is 5.69 Å². The minimum absolute atomic E-state index is 0.297. The lowest BCUT2D eigenvalue weighted by Crippen LogP contribution is -2.05. The van der Waals surface area contributed by atoms with Crippen molar-refractivity contribution < 1.29 is 9.50 Å². The van der Waals surface area contributed by atoms with E-state index in [4.69, 9.17) is 0 Å². The van der Waals surface area contributed by atoms with E-state index in [9.17, 15) is 9.50 Å². The van der Waals surface area contributed by atoms with E-state index in [0.29, 0.717) is 17.0 Å². The second kappa shape index (κ2) is 4.46. The second-order valence-corrected chi connectivity index (χ2v) is 5.30. The lowest BCUT2D eigenvalue weighted by atomic mass is 10.1. The van der Waals surface area contributed by atoms with Crippen LogP contribution in [0, 0.1) is 12.7 Å². The van der Waals surface area contributed by atoms with Crippen LogP contribution in [0.4, 0.5) is 4.39 Å². The van der Waals surface area contributed by atoms with Crippen LogP contribution < -0.4 is 0 Å². The van der Waals surface area contributed by atoms with Crippen molar-refractivity contribution in [3.05, 3.63) is 47.0 Å². The van der Waals surface area contributed by atoms with Gasteiger partial charge in [-0.1, -0.05) is 0 Å². The molecule has 2 aromatic rings. The Labute approximate surface area is 111 Å². The molecule has 1 aromatic carbocycles. The average Bonchev–Trinajstić information content (AvgIpc) is 3.10. The Bertz CT molecular complexity index is 615. The molecular weight excluding hydrogens is 243 g/mol. The Balaban J connectivity index is 2.08. The third-order valence-corrected chi connectivity index (χ3v) is 3.61. The number of aliphatic hydroxyl groups is 1. The summed E-state index contributed by atoms with van der Waals surface area (Å²) >= 11 is 0. The zero-order valence-corrected chi connectivity index (χ0v) is 11.1. The minimum Gasteiger partial charge on any atom is -0.389 e. The molecule has 3 rings (SSSR count). The zero-order chi connectivity index (χ0) is 13.6. The van der Waals surface area contributed by atoms with Crippen molar-refractivity contribution in [2.24, 2.45) is 0 Å². The number of rotatable bonds is 3. The van der Waals surface area contributed by atoms with Crippen molar-refractivity contribution in [1.82, 2.24) is 9.78 Å². The van der Waals surface area contributed by atoms with Crippen LogP contribution in [-0.2, 0) is 0 Å². The monoisotopic (exact) mass is 260 g/mol. The van der Waals surface area contributed by atoms with Gasteiger partial charge in [0.25, 0.3) is 0 Å². The van der Waals surface area contributed by atoms with E-state index in [-0.39, 0.29) is 5.82 Å². The van der Waals surface area contributed by atoms with Crippen LogP contribution in [0.25, 0.3) is 5.69 Å². The lowest BCUT2D eigenvalue weighted by Gasteiger charge is -2.13. The predicted octanol–water partition coefficient (Wildman–Crippen LogP) is 3.25. The average molecular weight is 260 g/mol. The Hall–Kier alpha value is -1.68. The Morgan fingerprint density at radius 3 is 2.79 bits per heavy atom. The predicted molar refractivity (Wildman–Crippen MR) is 70.9 cm³/mol. The standard InChI is InChI=1S/C15H17FN2O/c1-9-7-15(12(10(2)19)8-13(9)16)18-6-5-14(17-18)11-3-4-11/h5-8,10-11,19H,3-4H2,1-2H3. The first-order chi connectivity index (χ1) is 9.06. The van der Waals surface area contributed by atoms with Crippen molar-refractivity contribution >= 4 is 0 Å². The fraction of sp³-hybridized carbons (Fsp3) is 0.400. The maximum Gasteiger partial charge on any atom is 0.126 e. The lowest BCUT2D eigenvalue weighted by molar-refractivity contribution is 0.198. The Morgan fingerprint density at radius 2 is 2.16 bits per heavy atom. The summed E-state index contributed by atoms with van der Waals surface area (Å²) < 4.78 is 15.4. The molecule has 100 valence electrons. The van der Waals surface area contributed by atoms with Crippen LogP contribution in [-0.4, -0.2) is 14.9 Å². The minimum atomic E-state index is -0.723. The van der Waals surface area contributed by atoms with Gasteiger partial charge in [0.05, 0.1) is 17.5 Å². The molecule has 0 saturated heterocycles. The van der Waals surface area contributed by atoms with Gasteiger partial charge in [0, 0.05) is 17.7 Å². The maximum absolute atomic E-state index is 13.6. The van der Waals surface area contributed by atoms with E-state index < -0.39 is 6.10 Å². The van der Waals surface area contributed by atoms with E-state index >= 15 is 0 Å². The van der Waals surface area contributed by atoms with Gasteiger partial charge >= 0.3 is 0 Å². The number of aromatic nitrogens is 2. The molecule has 4 heteroatoms. The molecule has 0 amide bonds. The van der Waals surface area contributed by atoms with Gasteiger partial charge in [0.1, 0.15) is 5.82 Å². The maximum atomic E-state index is 13.6. The molecule has 1 aliphatic rings. The molecule has 0 spiro atoms. The number of aryl methyl sites for hydroxylation is 1. The molecule has 0 radical (unpaired) electrons. The molecular formula is C15H17FN2O. The number of nitrogens with zero attached hydrogens (tertiary/aromatic N) is 2. The largest absolute Gasteiger partial charge is 0.389 e. The first-order valence-electron chi connectivity index (χ1n) is 6.60. The highest BCUT2D eigenvalue weighted by Gasteiger charge is 2.26. The quantitative estimate of drug-likeness (QED) is 0.920. The number of halogens is 1. The molecule has 1 N–H and O–H groups in total. The SMILES string of the molecule is Cc1cc(-n2ccc(C3CC3)n2)c(C(C)O)cc1F. The highest BCUT2D eigenvalue weighted by atomic mass is 19.1. The molecule has 1 heterocycles. The molecule has 0 aliphatic heterocycles. The van der Waals surface area contributed by atoms with Gasteiger partial charge in [-0.05, 0) is 50.5 Å². The van der Waals surface area contributed by atoms with Gasteiger partial charge in [-0.2, -0.15) is 5.10 Å². The van der Waals surface area contributed by atoms with E-state index in [0.717, 1.165) is 11.4 Å². The van der Waals surface area contributed by atoms with E-state index in [1.165, 1.54) is 18.9 Å². The summed E-state index contributed by atoms with van der Waals surface area (Å²) in [6.07, 6.45) is 3.55. The smallest absolute Gasteiger partial charge is 0.126 e. The summed E-state index contributed by atoms with van der Waals surface area (Å²) in [7, 11) is 0. The van der Waals surface area contributed by atoms with Crippen LogP contribution >= 0.6 is 0 Å². The van der Waals surface area contributed by atoms with Gasteiger partial charge < -0.3 is 5.11 Å². The summed E-state index contributed by atoms with van der Waals surface area (Å²) in [4.78, 5) is 0. The normalized spacial score (nSPS) is 16.6. The molecule has 1 saturated carbocycles. The summed E-state index contributed by atoms with van der Waals surface area (Å²) in [6, 6.07) is 5.14. The Kier molecular flexibility index (Phi) is 2.90. The second-order valence-electron chi connectivity index (χ2n) is 5.30. The first kappa shape index (κ1) is 12.4. The zero-order valence-electron chi connectivity index (χ0n) is 11.1. The van der Waals surface area contributed by atoms with Crippen molar-refractivity contribution in [2.45, 2.75) is 38.7 Å². The van der Waals surface area contributed by atoms with Gasteiger partial charge in [-0.15, -0.1) is 0 Å². The van der Waals surface area contributed by atoms with Crippen LogP contribution in [0.2, 0.25) is 0 Å². The third-order valence-electron chi connectivity index (χ3n) is 3.61. The van der Waals surface area contributed by atoms with Crippen molar-refractivity contribution in [3.63, 3.8) is 0 Å². The fourth-order valence-electron chi connectivity index (χ4n) is 2.28. The molecule has 0 bridgehead atoms. The van der Waals surface area contributed by atoms with E-state index in [1.54, 1.807) is 24.6 Å². The van der Waals surface area contributed by atoms with E-state index in [2.05, 4.69) is 5.10 Å². The summed E-state index contributed by atoms with van der Waals surface area (Å²) in [5, 5.41) is 14.3. The summed E-state index contributed by atoms with van der Waals surface area (Å²) in [6.45, 7) is 3.36. The molecule has 3 nitrogen and oxygen atoms in total. The molecule has 1 aromatic heterocycles. The van der Waals surface area contributed by atoms with Gasteiger partial charge in [-0.3, -0.25) is 0 Å². The van der Waals surface area contributed by atoms with Gasteiger partial charge in [0.15, 0.2) is 0 Å². The summed E-state index contributed by atoms with van der Waals surface area (Å²) in [5.41, 5.74) is 2.95. The third kappa shape index (κ3) is 2.28. The highest BCUT2D eigenvalue weighted by Crippen LogP contribution is 2.39. The number of hydrogen-bond acceptors (Lipinski definition) is 2. The molecule has 1 unspecified atom stereocenters. The molecule has 19 heavy (non-hydrogen) atoms. The van der Waals surface area contributed by atoms with Gasteiger partial charge in [0.2, 0.25) is 0 Å². The van der Waals surface area contributed by atoms with Crippen LogP contribution in [0.15, 0.2) is 24.4 Å². The number of aliphatic hydroxyl groups excluding tert-OH is 1. The van der Waals surface area contributed by atoms with Crippen LogP contribution in [0.3, 0.4) is 0 Å². The number of benzene rings is 1. The van der Waals surface area contributed by atoms with Crippen molar-refractivity contribution in [1.29, 1.82) is 0 Å². The molecule has 1 fully saturated rings. The first-order valence-corrected chi connectivity index (χ1v) is 6.60.